The number of hydrogen-bond acceptors (Lipinski definition) is 6. The molecule has 0 aromatic carbocycles. The monoisotopic (exact) mass is 452 g/mol. The Hall–Kier alpha value is -0.260. The van der Waals surface area contributed by atoms with Gasteiger partial charge >= 0.3 is 0 Å². The molecule has 0 aliphatic carbocycles. The van der Waals surface area contributed by atoms with Gasteiger partial charge in [-0.05, 0) is 65.8 Å². The molecule has 0 aromatic rings. The van der Waals surface area contributed by atoms with Crippen LogP contribution in [-0.4, -0.2) is 87.8 Å². The highest BCUT2D eigenvalue weighted by Gasteiger charge is 2.41. The van der Waals surface area contributed by atoms with Crippen LogP contribution in [0.3, 0.4) is 0 Å². The Labute approximate surface area is 177 Å². The molecule has 10 heteroatoms. The highest BCUT2D eigenvalue weighted by Crippen LogP contribution is 2.29. The SMILES string of the molecule is CC(C)(C)N[C@H]1CN(S(C)(=O)=O)CC1CC(C)(C)NCC1CCN(S(C)(=O)=O)C1. The number of hydrogen-bond donors (Lipinski definition) is 2. The minimum Gasteiger partial charge on any atom is -0.311 e. The van der Waals surface area contributed by atoms with Crippen molar-refractivity contribution >= 4 is 20.0 Å². The van der Waals surface area contributed by atoms with Crippen LogP contribution in [0.15, 0.2) is 0 Å². The molecule has 2 N–H and O–H groups in total. The Morgan fingerprint density at radius 1 is 0.897 bits per heavy atom. The summed E-state index contributed by atoms with van der Waals surface area (Å²) in [5, 5.41) is 7.22. The maximum absolute atomic E-state index is 12.1. The molecular formula is C19H40N4O4S2. The number of rotatable bonds is 8. The van der Waals surface area contributed by atoms with Gasteiger partial charge in [-0.2, -0.15) is 0 Å². The van der Waals surface area contributed by atoms with Gasteiger partial charge in [-0.3, -0.25) is 0 Å². The normalized spacial score (nSPS) is 28.3. The summed E-state index contributed by atoms with van der Waals surface area (Å²) in [5.74, 6) is 0.520. The summed E-state index contributed by atoms with van der Waals surface area (Å²) < 4.78 is 50.8. The van der Waals surface area contributed by atoms with Crippen LogP contribution in [0.5, 0.6) is 0 Å². The van der Waals surface area contributed by atoms with Gasteiger partial charge in [0.05, 0.1) is 12.5 Å². The van der Waals surface area contributed by atoms with E-state index in [2.05, 4.69) is 45.3 Å². The van der Waals surface area contributed by atoms with Gasteiger partial charge in [0.25, 0.3) is 0 Å². The van der Waals surface area contributed by atoms with E-state index in [0.29, 0.717) is 32.1 Å². The third-order valence-corrected chi connectivity index (χ3v) is 8.36. The zero-order valence-electron chi connectivity index (χ0n) is 19.0. The van der Waals surface area contributed by atoms with Crippen molar-refractivity contribution in [3.8, 4) is 0 Å². The summed E-state index contributed by atoms with van der Waals surface area (Å²) in [6.45, 7) is 13.6. The van der Waals surface area contributed by atoms with Crippen molar-refractivity contribution in [2.24, 2.45) is 11.8 Å². The molecule has 29 heavy (non-hydrogen) atoms. The fourth-order valence-electron chi connectivity index (χ4n) is 4.44. The second kappa shape index (κ2) is 8.70. The lowest BCUT2D eigenvalue weighted by Gasteiger charge is -2.35. The highest BCUT2D eigenvalue weighted by molar-refractivity contribution is 7.88. The van der Waals surface area contributed by atoms with Crippen LogP contribution in [0, 0.1) is 11.8 Å². The van der Waals surface area contributed by atoms with Gasteiger partial charge in [0.2, 0.25) is 20.0 Å². The summed E-state index contributed by atoms with van der Waals surface area (Å²) in [5.41, 5.74) is -0.262. The van der Waals surface area contributed by atoms with Crippen LogP contribution in [0.25, 0.3) is 0 Å². The molecule has 2 rings (SSSR count). The molecule has 2 saturated heterocycles. The van der Waals surface area contributed by atoms with E-state index < -0.39 is 20.0 Å². The molecule has 2 aliphatic heterocycles. The van der Waals surface area contributed by atoms with Gasteiger partial charge in [-0.15, -0.1) is 0 Å². The first kappa shape index (κ1) is 25.0. The van der Waals surface area contributed by atoms with Crippen LogP contribution in [0.2, 0.25) is 0 Å². The van der Waals surface area contributed by atoms with Crippen LogP contribution in [-0.2, 0) is 20.0 Å². The first-order valence-electron chi connectivity index (χ1n) is 10.4. The van der Waals surface area contributed by atoms with E-state index in [1.54, 1.807) is 8.61 Å². The van der Waals surface area contributed by atoms with Gasteiger partial charge < -0.3 is 10.6 Å². The number of nitrogens with one attached hydrogen (secondary N) is 2. The molecule has 2 heterocycles. The Kier molecular flexibility index (Phi) is 7.50. The molecule has 2 unspecified atom stereocenters. The van der Waals surface area contributed by atoms with Crippen LogP contribution in [0.4, 0.5) is 0 Å². The van der Waals surface area contributed by atoms with E-state index in [1.807, 2.05) is 0 Å². The zero-order valence-corrected chi connectivity index (χ0v) is 20.7. The molecule has 0 amide bonds. The summed E-state index contributed by atoms with van der Waals surface area (Å²) in [6.07, 6.45) is 4.26. The van der Waals surface area contributed by atoms with Gasteiger partial charge in [0.1, 0.15) is 0 Å². The fraction of sp³-hybridized carbons (Fsp3) is 1.00. The van der Waals surface area contributed by atoms with Crippen molar-refractivity contribution in [2.75, 3.05) is 45.2 Å². The highest BCUT2D eigenvalue weighted by atomic mass is 32.2. The van der Waals surface area contributed by atoms with E-state index in [-0.39, 0.29) is 23.0 Å². The van der Waals surface area contributed by atoms with E-state index in [1.165, 1.54) is 12.5 Å². The number of sulfonamides is 2. The minimum absolute atomic E-state index is 0.0903. The van der Waals surface area contributed by atoms with Crippen molar-refractivity contribution in [3.63, 3.8) is 0 Å². The fourth-order valence-corrected chi connectivity index (χ4v) is 6.25. The average molecular weight is 453 g/mol. The lowest BCUT2D eigenvalue weighted by atomic mass is 9.86. The van der Waals surface area contributed by atoms with E-state index in [0.717, 1.165) is 19.4 Å². The topological polar surface area (TPSA) is 98.8 Å². The molecule has 2 fully saturated rings. The molecule has 8 nitrogen and oxygen atoms in total. The minimum atomic E-state index is -3.21. The summed E-state index contributed by atoms with van der Waals surface area (Å²) >= 11 is 0. The molecule has 0 aromatic heterocycles. The predicted octanol–water partition coefficient (Wildman–Crippen LogP) is 0.674. The van der Waals surface area contributed by atoms with Crippen molar-refractivity contribution in [2.45, 2.75) is 64.6 Å². The van der Waals surface area contributed by atoms with Gasteiger partial charge in [-0.1, -0.05) is 0 Å². The largest absolute Gasteiger partial charge is 0.311 e. The van der Waals surface area contributed by atoms with Crippen LogP contribution in [0.1, 0.15) is 47.5 Å². The van der Waals surface area contributed by atoms with Crippen molar-refractivity contribution in [1.82, 2.24) is 19.2 Å². The second-order valence-corrected chi connectivity index (χ2v) is 14.6. The molecular weight excluding hydrogens is 412 g/mol. The molecule has 0 radical (unpaired) electrons. The Morgan fingerprint density at radius 2 is 1.48 bits per heavy atom. The Bertz CT molecular complexity index is 775. The Morgan fingerprint density at radius 3 is 1.97 bits per heavy atom. The number of nitrogens with zero attached hydrogens (tertiary/aromatic N) is 2. The maximum Gasteiger partial charge on any atom is 0.211 e. The van der Waals surface area contributed by atoms with Crippen molar-refractivity contribution in [1.29, 1.82) is 0 Å². The third kappa shape index (κ3) is 7.74. The van der Waals surface area contributed by atoms with Gasteiger partial charge in [0.15, 0.2) is 0 Å². The zero-order chi connectivity index (χ0) is 22.3. The van der Waals surface area contributed by atoms with E-state index >= 15 is 0 Å². The molecule has 0 saturated carbocycles. The third-order valence-electron chi connectivity index (χ3n) is 5.85. The molecule has 0 spiro atoms. The molecule has 2 aliphatic rings. The van der Waals surface area contributed by atoms with E-state index in [9.17, 15) is 16.8 Å². The lowest BCUT2D eigenvalue weighted by molar-refractivity contribution is 0.244. The van der Waals surface area contributed by atoms with Crippen molar-refractivity contribution in [3.05, 3.63) is 0 Å². The standard InChI is InChI=1S/C19H40N4O4S2/c1-18(2,3)21-17-14-23(29(7,26)27)13-16(17)10-19(4,5)20-11-15-8-9-22(12-15)28(6,24)25/h15-17,20-21H,8-14H2,1-7H3/t15?,16?,17-/m0/s1. The summed E-state index contributed by atoms with van der Waals surface area (Å²) in [7, 11) is -6.33. The summed E-state index contributed by atoms with van der Waals surface area (Å²) in [4.78, 5) is 0. The van der Waals surface area contributed by atoms with Crippen molar-refractivity contribution < 1.29 is 16.8 Å². The molecule has 172 valence electrons. The quantitative estimate of drug-likeness (QED) is 0.562. The second-order valence-electron chi connectivity index (χ2n) is 10.6. The van der Waals surface area contributed by atoms with E-state index in [4.69, 9.17) is 0 Å². The predicted molar refractivity (Wildman–Crippen MR) is 118 cm³/mol. The first-order chi connectivity index (χ1) is 13.0. The Balaban J connectivity index is 1.97. The summed E-state index contributed by atoms with van der Waals surface area (Å²) in [6, 6.07) is 0.109. The van der Waals surface area contributed by atoms with Crippen LogP contribution >= 0.6 is 0 Å². The smallest absolute Gasteiger partial charge is 0.211 e. The lowest BCUT2D eigenvalue weighted by Crippen LogP contribution is -2.51. The molecule has 0 bridgehead atoms. The van der Waals surface area contributed by atoms with Crippen LogP contribution < -0.4 is 10.6 Å². The molecule has 3 atom stereocenters. The average Bonchev–Trinajstić information content (AvgIpc) is 3.10. The first-order valence-corrected chi connectivity index (χ1v) is 14.1. The van der Waals surface area contributed by atoms with Gasteiger partial charge in [0, 0.05) is 43.3 Å². The van der Waals surface area contributed by atoms with Gasteiger partial charge in [-0.25, -0.2) is 25.4 Å². The maximum atomic E-state index is 12.1.